The summed E-state index contributed by atoms with van der Waals surface area (Å²) in [6.07, 6.45) is 4.45. The third-order valence-electron chi connectivity index (χ3n) is 4.19. The lowest BCUT2D eigenvalue weighted by Crippen LogP contribution is -2.35. The van der Waals surface area contributed by atoms with Crippen molar-refractivity contribution in [1.29, 1.82) is 5.26 Å². The van der Waals surface area contributed by atoms with E-state index >= 15 is 0 Å². The van der Waals surface area contributed by atoms with Gasteiger partial charge < -0.3 is 10.6 Å². The molecule has 1 aliphatic carbocycles. The molecule has 5 nitrogen and oxygen atoms in total. The average Bonchev–Trinajstić information content (AvgIpc) is 2.60. The van der Waals surface area contributed by atoms with Crippen LogP contribution >= 0.6 is 0 Å². The third-order valence-corrected chi connectivity index (χ3v) is 4.19. The fraction of sp³-hybridized carbons (Fsp3) is 0.389. The molecule has 0 heterocycles. The first kappa shape index (κ1) is 16.8. The van der Waals surface area contributed by atoms with E-state index in [9.17, 15) is 9.59 Å². The van der Waals surface area contributed by atoms with Gasteiger partial charge in [0.15, 0.2) is 0 Å². The molecule has 1 aliphatic rings. The Morgan fingerprint density at radius 3 is 2.39 bits per heavy atom. The molecule has 23 heavy (non-hydrogen) atoms. The van der Waals surface area contributed by atoms with Crippen LogP contribution in [0.3, 0.4) is 0 Å². The molecule has 0 aliphatic heterocycles. The van der Waals surface area contributed by atoms with Crippen LogP contribution in [-0.2, 0) is 9.59 Å². The van der Waals surface area contributed by atoms with Gasteiger partial charge in [-0.05, 0) is 37.8 Å². The molecule has 0 atom stereocenters. The number of amides is 2. The number of benzene rings is 1. The van der Waals surface area contributed by atoms with E-state index in [2.05, 4.69) is 23.3 Å². The van der Waals surface area contributed by atoms with Gasteiger partial charge in [0.05, 0.1) is 11.3 Å². The van der Waals surface area contributed by atoms with Crippen LogP contribution in [0.1, 0.15) is 31.2 Å². The maximum atomic E-state index is 12.3. The summed E-state index contributed by atoms with van der Waals surface area (Å²) in [5.41, 5.74) is 1.00. The van der Waals surface area contributed by atoms with Gasteiger partial charge in [-0.1, -0.05) is 18.2 Å². The van der Waals surface area contributed by atoms with Gasteiger partial charge in [-0.3, -0.25) is 9.59 Å². The Morgan fingerprint density at radius 1 is 1.17 bits per heavy atom. The molecule has 0 bridgehead atoms. The number of carbonyl (C=O) groups is 2. The highest BCUT2D eigenvalue weighted by atomic mass is 16.2. The van der Waals surface area contributed by atoms with Crippen molar-refractivity contribution in [3.05, 3.63) is 42.5 Å². The SMILES string of the molecule is C=CCNC(=O)C1CCC(C(=O)Nc2ccccc2C#N)CC1. The summed E-state index contributed by atoms with van der Waals surface area (Å²) in [6, 6.07) is 9.03. The number of hydrogen-bond acceptors (Lipinski definition) is 3. The molecule has 2 amide bonds. The number of nitrogens with one attached hydrogen (secondary N) is 2. The minimum atomic E-state index is -0.106. The molecule has 5 heteroatoms. The molecular formula is C18H21N3O2. The minimum absolute atomic E-state index is 0.0228. The van der Waals surface area contributed by atoms with Crippen LogP contribution in [0.15, 0.2) is 36.9 Å². The van der Waals surface area contributed by atoms with Crippen LogP contribution in [0.5, 0.6) is 0 Å². The summed E-state index contributed by atoms with van der Waals surface area (Å²) in [6.45, 7) is 4.05. The first-order valence-electron chi connectivity index (χ1n) is 7.84. The van der Waals surface area contributed by atoms with Gasteiger partial charge in [0.1, 0.15) is 6.07 Å². The summed E-state index contributed by atoms with van der Waals surface area (Å²) in [4.78, 5) is 24.3. The van der Waals surface area contributed by atoms with Gasteiger partial charge in [0.25, 0.3) is 0 Å². The Kier molecular flexibility index (Phi) is 5.93. The zero-order chi connectivity index (χ0) is 16.7. The second-order valence-electron chi connectivity index (χ2n) is 5.73. The first-order valence-corrected chi connectivity index (χ1v) is 7.84. The van der Waals surface area contributed by atoms with E-state index in [1.54, 1.807) is 30.3 Å². The monoisotopic (exact) mass is 311 g/mol. The molecule has 0 saturated heterocycles. The Balaban J connectivity index is 1.88. The zero-order valence-corrected chi connectivity index (χ0v) is 13.0. The number of rotatable bonds is 5. The lowest BCUT2D eigenvalue weighted by atomic mass is 9.81. The van der Waals surface area contributed by atoms with Gasteiger partial charge >= 0.3 is 0 Å². The molecule has 1 saturated carbocycles. The molecule has 0 radical (unpaired) electrons. The highest BCUT2D eigenvalue weighted by Gasteiger charge is 2.29. The van der Waals surface area contributed by atoms with Crippen molar-refractivity contribution in [1.82, 2.24) is 5.32 Å². The molecule has 1 aromatic carbocycles. The summed E-state index contributed by atoms with van der Waals surface area (Å²) >= 11 is 0. The predicted octanol–water partition coefficient (Wildman–Crippen LogP) is 2.61. The quantitative estimate of drug-likeness (QED) is 0.820. The highest BCUT2D eigenvalue weighted by Crippen LogP contribution is 2.30. The molecule has 0 spiro atoms. The lowest BCUT2D eigenvalue weighted by molar-refractivity contribution is -0.128. The topological polar surface area (TPSA) is 82.0 Å². The summed E-state index contributed by atoms with van der Waals surface area (Å²) in [5, 5.41) is 14.7. The van der Waals surface area contributed by atoms with E-state index in [4.69, 9.17) is 5.26 Å². The van der Waals surface area contributed by atoms with Crippen LogP contribution < -0.4 is 10.6 Å². The smallest absolute Gasteiger partial charge is 0.227 e. The van der Waals surface area contributed by atoms with Crippen LogP contribution in [0.2, 0.25) is 0 Å². The first-order chi connectivity index (χ1) is 11.2. The van der Waals surface area contributed by atoms with E-state index in [0.29, 0.717) is 43.5 Å². The number of hydrogen-bond donors (Lipinski definition) is 2. The van der Waals surface area contributed by atoms with E-state index in [1.807, 2.05) is 0 Å². The van der Waals surface area contributed by atoms with Crippen molar-refractivity contribution in [3.63, 3.8) is 0 Å². The predicted molar refractivity (Wildman–Crippen MR) is 88.4 cm³/mol. The molecular weight excluding hydrogens is 290 g/mol. The molecule has 2 rings (SSSR count). The summed E-state index contributed by atoms with van der Waals surface area (Å²) in [5.74, 6) is -0.160. The lowest BCUT2D eigenvalue weighted by Gasteiger charge is -2.27. The van der Waals surface area contributed by atoms with Crippen molar-refractivity contribution >= 4 is 17.5 Å². The van der Waals surface area contributed by atoms with E-state index in [0.717, 1.165) is 0 Å². The second kappa shape index (κ2) is 8.14. The molecule has 0 aromatic heterocycles. The Morgan fingerprint density at radius 2 is 1.78 bits per heavy atom. The van der Waals surface area contributed by atoms with Crippen molar-refractivity contribution in [2.75, 3.05) is 11.9 Å². The van der Waals surface area contributed by atoms with E-state index < -0.39 is 0 Å². The van der Waals surface area contributed by atoms with Crippen molar-refractivity contribution in [2.45, 2.75) is 25.7 Å². The molecule has 0 unspecified atom stereocenters. The second-order valence-corrected chi connectivity index (χ2v) is 5.73. The molecule has 1 aromatic rings. The van der Waals surface area contributed by atoms with Crippen LogP contribution in [0.25, 0.3) is 0 Å². The van der Waals surface area contributed by atoms with E-state index in [-0.39, 0.29) is 23.7 Å². The summed E-state index contributed by atoms with van der Waals surface area (Å²) in [7, 11) is 0. The number of nitrogens with zero attached hydrogens (tertiary/aromatic N) is 1. The fourth-order valence-corrected chi connectivity index (χ4v) is 2.86. The summed E-state index contributed by atoms with van der Waals surface area (Å²) < 4.78 is 0. The van der Waals surface area contributed by atoms with Crippen molar-refractivity contribution in [3.8, 4) is 6.07 Å². The number of nitriles is 1. The van der Waals surface area contributed by atoms with Crippen LogP contribution in [0, 0.1) is 23.2 Å². The number of carbonyl (C=O) groups excluding carboxylic acids is 2. The largest absolute Gasteiger partial charge is 0.352 e. The van der Waals surface area contributed by atoms with Crippen LogP contribution in [0.4, 0.5) is 5.69 Å². The fourth-order valence-electron chi connectivity index (χ4n) is 2.86. The average molecular weight is 311 g/mol. The van der Waals surface area contributed by atoms with Gasteiger partial charge in [-0.15, -0.1) is 6.58 Å². The molecule has 120 valence electrons. The highest BCUT2D eigenvalue weighted by molar-refractivity contribution is 5.94. The molecule has 1 fully saturated rings. The Labute approximate surface area is 136 Å². The number of anilines is 1. The van der Waals surface area contributed by atoms with Gasteiger partial charge in [0, 0.05) is 18.4 Å². The Hall–Kier alpha value is -2.61. The Bertz CT molecular complexity index is 625. The normalized spacial score (nSPS) is 20.1. The van der Waals surface area contributed by atoms with Crippen molar-refractivity contribution < 1.29 is 9.59 Å². The minimum Gasteiger partial charge on any atom is -0.352 e. The number of para-hydroxylation sites is 1. The van der Waals surface area contributed by atoms with Gasteiger partial charge in [0.2, 0.25) is 11.8 Å². The molecule has 2 N–H and O–H groups in total. The van der Waals surface area contributed by atoms with Gasteiger partial charge in [-0.2, -0.15) is 5.26 Å². The van der Waals surface area contributed by atoms with Gasteiger partial charge in [-0.25, -0.2) is 0 Å². The standard InChI is InChI=1S/C18H21N3O2/c1-2-11-20-17(22)13-7-9-14(10-8-13)18(23)21-16-6-4-3-5-15(16)12-19/h2-6,13-14H,1,7-11H2,(H,20,22)(H,21,23). The van der Waals surface area contributed by atoms with Crippen molar-refractivity contribution in [2.24, 2.45) is 11.8 Å². The van der Waals surface area contributed by atoms with Crippen LogP contribution in [-0.4, -0.2) is 18.4 Å². The maximum absolute atomic E-state index is 12.3. The zero-order valence-electron chi connectivity index (χ0n) is 13.0. The van der Waals surface area contributed by atoms with E-state index in [1.165, 1.54) is 0 Å². The maximum Gasteiger partial charge on any atom is 0.227 e. The third kappa shape index (κ3) is 4.43.